The minimum absolute atomic E-state index is 0.335. The van der Waals surface area contributed by atoms with Crippen molar-refractivity contribution in [1.82, 2.24) is 4.98 Å². The summed E-state index contributed by atoms with van der Waals surface area (Å²) in [5.41, 5.74) is 1.62. The molecule has 0 radical (unpaired) electrons. The molecule has 1 heterocycles. The van der Waals surface area contributed by atoms with Crippen LogP contribution < -0.4 is 0 Å². The quantitative estimate of drug-likeness (QED) is 0.791. The van der Waals surface area contributed by atoms with E-state index in [1.807, 2.05) is 31.2 Å². The van der Waals surface area contributed by atoms with Gasteiger partial charge in [-0.05, 0) is 31.5 Å². The second-order valence-electron chi connectivity index (χ2n) is 4.04. The fourth-order valence-corrected chi connectivity index (χ4v) is 2.91. The number of thiazole rings is 1. The van der Waals surface area contributed by atoms with Gasteiger partial charge >= 0.3 is 5.97 Å². The van der Waals surface area contributed by atoms with E-state index in [0.717, 1.165) is 20.8 Å². The number of carbonyl (C=O) groups is 1. The highest BCUT2D eigenvalue weighted by molar-refractivity contribution is 9.10. The van der Waals surface area contributed by atoms with Gasteiger partial charge in [-0.25, -0.2) is 9.78 Å². The molecule has 0 aliphatic rings. The number of hydrogen-bond donors (Lipinski definition) is 0. The van der Waals surface area contributed by atoms with Gasteiger partial charge in [0.15, 0.2) is 5.69 Å². The molecule has 0 saturated heterocycles. The highest BCUT2D eigenvalue weighted by atomic mass is 79.9. The topological polar surface area (TPSA) is 39.2 Å². The lowest BCUT2D eigenvalue weighted by Crippen LogP contribution is -2.06. The maximum atomic E-state index is 11.7. The molecule has 0 fully saturated rings. The highest BCUT2D eigenvalue weighted by Crippen LogP contribution is 2.22. The summed E-state index contributed by atoms with van der Waals surface area (Å²) in [5.74, 6) is -0.335. The molecule has 3 nitrogen and oxygen atoms in total. The summed E-state index contributed by atoms with van der Waals surface area (Å²) in [6.07, 6.45) is 0.734. The summed E-state index contributed by atoms with van der Waals surface area (Å²) in [4.78, 5) is 17.0. The number of nitrogens with zero attached hydrogens (tertiary/aromatic N) is 1. The molecular weight excluding hydrogens is 326 g/mol. The first-order valence-corrected chi connectivity index (χ1v) is 7.59. The van der Waals surface area contributed by atoms with Crippen molar-refractivity contribution in [1.29, 1.82) is 0 Å². The molecule has 0 aliphatic carbocycles. The first kappa shape index (κ1) is 14.2. The third kappa shape index (κ3) is 3.64. The Bertz CT molecular complexity index is 578. The maximum absolute atomic E-state index is 11.7. The largest absolute Gasteiger partial charge is 0.461 e. The normalized spacial score (nSPS) is 10.5. The van der Waals surface area contributed by atoms with E-state index in [9.17, 15) is 4.79 Å². The van der Waals surface area contributed by atoms with Gasteiger partial charge in [0.25, 0.3) is 0 Å². The molecular formula is C14H14BrNO2S. The lowest BCUT2D eigenvalue weighted by molar-refractivity contribution is 0.0519. The van der Waals surface area contributed by atoms with Crippen molar-refractivity contribution in [3.05, 3.63) is 49.9 Å². The predicted octanol–water partition coefficient (Wildman–Crippen LogP) is 3.98. The molecule has 0 spiro atoms. The lowest BCUT2D eigenvalue weighted by Gasteiger charge is -1.99. The van der Waals surface area contributed by atoms with Crippen LogP contribution in [0.1, 0.15) is 32.9 Å². The Kier molecular flexibility index (Phi) is 4.71. The van der Waals surface area contributed by atoms with Crippen LogP contribution in [0.5, 0.6) is 0 Å². The number of rotatable bonds is 4. The van der Waals surface area contributed by atoms with Crippen molar-refractivity contribution < 1.29 is 9.53 Å². The lowest BCUT2D eigenvalue weighted by atomic mass is 10.2. The van der Waals surface area contributed by atoms with Gasteiger partial charge in [-0.15, -0.1) is 11.3 Å². The van der Waals surface area contributed by atoms with Gasteiger partial charge in [-0.1, -0.05) is 28.1 Å². The van der Waals surface area contributed by atoms with E-state index in [2.05, 4.69) is 20.9 Å². The zero-order valence-corrected chi connectivity index (χ0v) is 13.2. The predicted molar refractivity (Wildman–Crippen MR) is 79.8 cm³/mol. The minimum atomic E-state index is -0.335. The van der Waals surface area contributed by atoms with Crippen molar-refractivity contribution in [3.8, 4) is 0 Å². The summed E-state index contributed by atoms with van der Waals surface area (Å²) < 4.78 is 6.04. The van der Waals surface area contributed by atoms with Crippen LogP contribution in [0.4, 0.5) is 0 Å². The van der Waals surface area contributed by atoms with E-state index in [1.165, 1.54) is 5.56 Å². The third-order valence-corrected chi connectivity index (χ3v) is 4.08. The Morgan fingerprint density at radius 2 is 2.05 bits per heavy atom. The van der Waals surface area contributed by atoms with E-state index >= 15 is 0 Å². The fraction of sp³-hybridized carbons (Fsp3) is 0.286. The average molecular weight is 340 g/mol. The first-order chi connectivity index (χ1) is 9.10. The Labute approximate surface area is 124 Å². The number of carbonyl (C=O) groups excluding carboxylic acids is 1. The molecule has 0 bridgehead atoms. The van der Waals surface area contributed by atoms with Gasteiger partial charge in [-0.2, -0.15) is 0 Å². The summed E-state index contributed by atoms with van der Waals surface area (Å²) in [6.45, 7) is 4.06. The molecule has 5 heteroatoms. The Morgan fingerprint density at radius 3 is 2.68 bits per heavy atom. The fourth-order valence-electron chi connectivity index (χ4n) is 1.69. The van der Waals surface area contributed by atoms with Crippen molar-refractivity contribution in [2.24, 2.45) is 0 Å². The number of benzene rings is 1. The molecule has 1 aromatic carbocycles. The Balaban J connectivity index is 2.16. The monoisotopic (exact) mass is 339 g/mol. The zero-order valence-electron chi connectivity index (χ0n) is 10.8. The van der Waals surface area contributed by atoms with Crippen LogP contribution >= 0.6 is 27.3 Å². The number of hydrogen-bond acceptors (Lipinski definition) is 4. The smallest absolute Gasteiger partial charge is 0.358 e. The van der Waals surface area contributed by atoms with Gasteiger partial charge < -0.3 is 4.74 Å². The van der Waals surface area contributed by atoms with E-state index in [-0.39, 0.29) is 5.97 Å². The van der Waals surface area contributed by atoms with Crippen LogP contribution in [0.15, 0.2) is 28.7 Å². The molecule has 0 amide bonds. The van der Waals surface area contributed by atoms with E-state index in [1.54, 1.807) is 18.3 Å². The standard InChI is InChI=1S/C14H14BrNO2S/c1-3-18-14(17)13-9(2)19-12(16-13)8-10-4-6-11(15)7-5-10/h4-7H,3,8H2,1-2H3. The number of halogens is 1. The van der Waals surface area contributed by atoms with Gasteiger partial charge in [0, 0.05) is 15.8 Å². The van der Waals surface area contributed by atoms with Crippen LogP contribution in [-0.4, -0.2) is 17.6 Å². The molecule has 0 saturated carbocycles. The third-order valence-electron chi connectivity index (χ3n) is 2.58. The molecule has 1 aromatic heterocycles. The van der Waals surface area contributed by atoms with Crippen molar-refractivity contribution >= 4 is 33.2 Å². The van der Waals surface area contributed by atoms with Crippen LogP contribution in [0.2, 0.25) is 0 Å². The van der Waals surface area contributed by atoms with Crippen LogP contribution in [0.25, 0.3) is 0 Å². The van der Waals surface area contributed by atoms with Gasteiger partial charge in [0.2, 0.25) is 0 Å². The summed E-state index contributed by atoms with van der Waals surface area (Å²) in [5, 5.41) is 0.933. The summed E-state index contributed by atoms with van der Waals surface area (Å²) in [6, 6.07) is 8.10. The highest BCUT2D eigenvalue weighted by Gasteiger charge is 2.16. The first-order valence-electron chi connectivity index (χ1n) is 5.98. The molecule has 2 rings (SSSR count). The Hall–Kier alpha value is -1.20. The van der Waals surface area contributed by atoms with Crippen LogP contribution in [0, 0.1) is 6.92 Å². The number of ether oxygens (including phenoxy) is 1. The summed E-state index contributed by atoms with van der Waals surface area (Å²) >= 11 is 4.95. The van der Waals surface area contributed by atoms with Gasteiger partial charge in [0.1, 0.15) is 0 Å². The second kappa shape index (κ2) is 6.30. The van der Waals surface area contributed by atoms with E-state index < -0.39 is 0 Å². The SMILES string of the molecule is CCOC(=O)c1nc(Cc2ccc(Br)cc2)sc1C. The summed E-state index contributed by atoms with van der Waals surface area (Å²) in [7, 11) is 0. The minimum Gasteiger partial charge on any atom is -0.461 e. The van der Waals surface area contributed by atoms with E-state index in [4.69, 9.17) is 4.74 Å². The van der Waals surface area contributed by atoms with Crippen molar-refractivity contribution in [2.45, 2.75) is 20.3 Å². The van der Waals surface area contributed by atoms with Crippen molar-refractivity contribution in [3.63, 3.8) is 0 Å². The molecule has 100 valence electrons. The van der Waals surface area contributed by atoms with Crippen LogP contribution in [0.3, 0.4) is 0 Å². The average Bonchev–Trinajstić information content (AvgIpc) is 2.74. The number of aryl methyl sites for hydroxylation is 1. The number of aromatic nitrogens is 1. The maximum Gasteiger partial charge on any atom is 0.358 e. The molecule has 0 aliphatic heterocycles. The Morgan fingerprint density at radius 1 is 1.37 bits per heavy atom. The van der Waals surface area contributed by atoms with Gasteiger partial charge in [-0.3, -0.25) is 0 Å². The molecule has 0 N–H and O–H groups in total. The zero-order chi connectivity index (χ0) is 13.8. The molecule has 0 atom stereocenters. The second-order valence-corrected chi connectivity index (χ2v) is 6.24. The van der Waals surface area contributed by atoms with Gasteiger partial charge in [0.05, 0.1) is 11.6 Å². The van der Waals surface area contributed by atoms with Crippen LogP contribution in [-0.2, 0) is 11.2 Å². The molecule has 0 unspecified atom stereocenters. The van der Waals surface area contributed by atoms with Crippen molar-refractivity contribution in [2.75, 3.05) is 6.61 Å². The molecule has 2 aromatic rings. The molecule has 19 heavy (non-hydrogen) atoms. The van der Waals surface area contributed by atoms with E-state index in [0.29, 0.717) is 12.3 Å². The number of esters is 1.